The van der Waals surface area contributed by atoms with Gasteiger partial charge in [0.1, 0.15) is 5.60 Å². The number of ether oxygens (including phenoxy) is 1. The molecule has 2 atom stereocenters. The van der Waals surface area contributed by atoms with Gasteiger partial charge < -0.3 is 20.3 Å². The molecule has 0 aromatic carbocycles. The summed E-state index contributed by atoms with van der Waals surface area (Å²) in [7, 11) is 0. The van der Waals surface area contributed by atoms with Gasteiger partial charge in [0.2, 0.25) is 0 Å². The van der Waals surface area contributed by atoms with Gasteiger partial charge in [0.25, 0.3) is 0 Å². The van der Waals surface area contributed by atoms with E-state index >= 15 is 0 Å². The highest BCUT2D eigenvalue weighted by Gasteiger charge is 2.40. The van der Waals surface area contributed by atoms with Crippen LogP contribution < -0.4 is 10.6 Å². The molecule has 0 aromatic heterocycles. The van der Waals surface area contributed by atoms with Crippen molar-refractivity contribution in [3.63, 3.8) is 0 Å². The maximum Gasteiger partial charge on any atom is 0.407 e. The van der Waals surface area contributed by atoms with Crippen LogP contribution in [0.5, 0.6) is 0 Å². The van der Waals surface area contributed by atoms with E-state index in [1.54, 1.807) is 0 Å². The third-order valence-electron chi connectivity index (χ3n) is 4.15. The van der Waals surface area contributed by atoms with Gasteiger partial charge in [0, 0.05) is 24.7 Å². The number of alkyl carbamates (subject to hydrolysis) is 1. The zero-order chi connectivity index (χ0) is 16.3. The van der Waals surface area contributed by atoms with E-state index in [4.69, 9.17) is 4.74 Å². The number of rotatable bonds is 5. The fourth-order valence-electron chi connectivity index (χ4n) is 3.10. The molecule has 5 heteroatoms. The zero-order valence-corrected chi connectivity index (χ0v) is 14.8. The minimum atomic E-state index is -0.425. The fraction of sp³-hybridized carbons (Fsp3) is 0.941. The number of amides is 1. The Morgan fingerprint density at radius 1 is 1.23 bits per heavy atom. The van der Waals surface area contributed by atoms with Crippen molar-refractivity contribution >= 4 is 6.09 Å². The van der Waals surface area contributed by atoms with Crippen LogP contribution in [-0.4, -0.2) is 54.4 Å². The number of carbonyl (C=O) groups excluding carboxylic acids is 1. The number of piperidine rings is 1. The summed E-state index contributed by atoms with van der Waals surface area (Å²) in [6.07, 6.45) is 3.14. The highest BCUT2D eigenvalue weighted by atomic mass is 16.6. The summed E-state index contributed by atoms with van der Waals surface area (Å²) in [5, 5.41) is 6.64. The fourth-order valence-corrected chi connectivity index (χ4v) is 3.10. The van der Waals surface area contributed by atoms with Gasteiger partial charge >= 0.3 is 6.09 Å². The number of nitrogens with zero attached hydrogens (tertiary/aromatic N) is 1. The Morgan fingerprint density at radius 2 is 1.86 bits per heavy atom. The van der Waals surface area contributed by atoms with E-state index in [1.807, 2.05) is 20.8 Å². The van der Waals surface area contributed by atoms with Crippen LogP contribution in [0.2, 0.25) is 0 Å². The van der Waals surface area contributed by atoms with Crippen molar-refractivity contribution in [1.82, 2.24) is 15.5 Å². The van der Waals surface area contributed by atoms with Crippen LogP contribution in [0.4, 0.5) is 4.79 Å². The molecule has 1 aliphatic heterocycles. The predicted octanol–water partition coefficient (Wildman–Crippen LogP) is 2.36. The Bertz CT molecular complexity index is 371. The van der Waals surface area contributed by atoms with Crippen molar-refractivity contribution in [2.45, 2.75) is 77.6 Å². The standard InChI is InChI=1S/C17H33N3O2/c1-12(2)11-20-8-6-13(7-9-20)18-14-10-15(14)19-16(21)22-17(3,4)5/h12-15,18H,6-11H2,1-5H3,(H,19,21). The Kier molecular flexibility index (Phi) is 5.72. The molecule has 0 bridgehead atoms. The first-order valence-electron chi connectivity index (χ1n) is 8.71. The number of nitrogens with one attached hydrogen (secondary N) is 2. The van der Waals surface area contributed by atoms with E-state index in [-0.39, 0.29) is 12.1 Å². The first kappa shape index (κ1) is 17.5. The molecule has 2 fully saturated rings. The lowest BCUT2D eigenvalue weighted by Crippen LogP contribution is -2.45. The molecule has 2 aliphatic rings. The maximum atomic E-state index is 11.7. The highest BCUT2D eigenvalue weighted by Crippen LogP contribution is 2.24. The molecule has 1 amide bonds. The molecular formula is C17H33N3O2. The monoisotopic (exact) mass is 311 g/mol. The second-order valence-electron chi connectivity index (χ2n) is 8.23. The summed E-state index contributed by atoms with van der Waals surface area (Å²) < 4.78 is 5.29. The van der Waals surface area contributed by atoms with Gasteiger partial charge in [0.15, 0.2) is 0 Å². The molecule has 2 unspecified atom stereocenters. The molecule has 128 valence electrons. The van der Waals surface area contributed by atoms with E-state index in [0.29, 0.717) is 12.1 Å². The zero-order valence-electron chi connectivity index (χ0n) is 14.8. The first-order chi connectivity index (χ1) is 10.2. The van der Waals surface area contributed by atoms with Gasteiger partial charge in [-0.2, -0.15) is 0 Å². The quantitative estimate of drug-likeness (QED) is 0.818. The van der Waals surface area contributed by atoms with E-state index in [1.165, 1.54) is 32.5 Å². The van der Waals surface area contributed by atoms with Crippen LogP contribution >= 0.6 is 0 Å². The van der Waals surface area contributed by atoms with Crippen molar-refractivity contribution in [2.24, 2.45) is 5.92 Å². The van der Waals surface area contributed by atoms with Crippen molar-refractivity contribution in [3.8, 4) is 0 Å². The average molecular weight is 311 g/mol. The van der Waals surface area contributed by atoms with Gasteiger partial charge in [-0.05, 0) is 59.0 Å². The molecule has 1 heterocycles. The molecular weight excluding hydrogens is 278 g/mol. The third kappa shape index (κ3) is 6.13. The van der Waals surface area contributed by atoms with Crippen LogP contribution in [0.3, 0.4) is 0 Å². The number of likely N-dealkylation sites (tertiary alicyclic amines) is 1. The van der Waals surface area contributed by atoms with Gasteiger partial charge in [-0.15, -0.1) is 0 Å². The van der Waals surface area contributed by atoms with Crippen molar-refractivity contribution < 1.29 is 9.53 Å². The lowest BCUT2D eigenvalue weighted by atomic mass is 10.0. The molecule has 2 N–H and O–H groups in total. The number of carbonyl (C=O) groups is 1. The van der Waals surface area contributed by atoms with Gasteiger partial charge in [0.05, 0.1) is 0 Å². The average Bonchev–Trinajstić information content (AvgIpc) is 3.06. The molecule has 1 saturated carbocycles. The molecule has 5 nitrogen and oxygen atoms in total. The van der Waals surface area contributed by atoms with Crippen molar-refractivity contribution in [3.05, 3.63) is 0 Å². The van der Waals surface area contributed by atoms with Crippen molar-refractivity contribution in [1.29, 1.82) is 0 Å². The summed E-state index contributed by atoms with van der Waals surface area (Å²) in [6.45, 7) is 13.8. The lowest BCUT2D eigenvalue weighted by Gasteiger charge is -2.33. The van der Waals surface area contributed by atoms with Gasteiger partial charge in [-0.3, -0.25) is 0 Å². The largest absolute Gasteiger partial charge is 0.444 e. The molecule has 1 saturated heterocycles. The molecule has 22 heavy (non-hydrogen) atoms. The second kappa shape index (κ2) is 7.18. The summed E-state index contributed by atoms with van der Waals surface area (Å²) in [5.74, 6) is 0.746. The lowest BCUT2D eigenvalue weighted by molar-refractivity contribution is 0.0521. The Labute approximate surface area is 135 Å². The van der Waals surface area contributed by atoms with Crippen LogP contribution in [-0.2, 0) is 4.74 Å². The van der Waals surface area contributed by atoms with Crippen molar-refractivity contribution in [2.75, 3.05) is 19.6 Å². The summed E-state index contributed by atoms with van der Waals surface area (Å²) in [4.78, 5) is 14.3. The molecule has 0 aromatic rings. The maximum absolute atomic E-state index is 11.7. The van der Waals surface area contributed by atoms with Crippen LogP contribution in [0.15, 0.2) is 0 Å². The normalized spacial score (nSPS) is 27.0. The highest BCUT2D eigenvalue weighted by molar-refractivity contribution is 5.68. The number of hydrogen-bond acceptors (Lipinski definition) is 4. The molecule has 2 rings (SSSR count). The Balaban J connectivity index is 1.61. The van der Waals surface area contributed by atoms with Crippen LogP contribution in [0.25, 0.3) is 0 Å². The molecule has 1 aliphatic carbocycles. The van der Waals surface area contributed by atoms with E-state index in [9.17, 15) is 4.79 Å². The van der Waals surface area contributed by atoms with Crippen LogP contribution in [0.1, 0.15) is 53.9 Å². The van der Waals surface area contributed by atoms with E-state index < -0.39 is 5.60 Å². The number of hydrogen-bond donors (Lipinski definition) is 2. The third-order valence-corrected chi connectivity index (χ3v) is 4.15. The van der Waals surface area contributed by atoms with E-state index in [2.05, 4.69) is 29.4 Å². The SMILES string of the molecule is CC(C)CN1CCC(NC2CC2NC(=O)OC(C)(C)C)CC1. The summed E-state index contributed by atoms with van der Waals surface area (Å²) in [6, 6.07) is 1.26. The molecule has 0 spiro atoms. The minimum Gasteiger partial charge on any atom is -0.444 e. The van der Waals surface area contributed by atoms with Gasteiger partial charge in [-0.1, -0.05) is 13.8 Å². The first-order valence-corrected chi connectivity index (χ1v) is 8.71. The topological polar surface area (TPSA) is 53.6 Å². The summed E-state index contributed by atoms with van der Waals surface area (Å²) >= 11 is 0. The summed E-state index contributed by atoms with van der Waals surface area (Å²) in [5.41, 5.74) is -0.425. The smallest absolute Gasteiger partial charge is 0.407 e. The van der Waals surface area contributed by atoms with Gasteiger partial charge in [-0.25, -0.2) is 4.79 Å². The van der Waals surface area contributed by atoms with E-state index in [0.717, 1.165) is 12.3 Å². The Morgan fingerprint density at radius 3 is 2.41 bits per heavy atom. The predicted molar refractivity (Wildman–Crippen MR) is 89.0 cm³/mol. The second-order valence-corrected chi connectivity index (χ2v) is 8.23. The Hall–Kier alpha value is -0.810. The molecule has 0 radical (unpaired) electrons. The minimum absolute atomic E-state index is 0.239. The van der Waals surface area contributed by atoms with Crippen LogP contribution in [0, 0.1) is 5.92 Å².